The third-order valence-corrected chi connectivity index (χ3v) is 4.56. The minimum absolute atomic E-state index is 0.216. The highest BCUT2D eigenvalue weighted by molar-refractivity contribution is 6.30. The summed E-state index contributed by atoms with van der Waals surface area (Å²) in [5.41, 5.74) is 1.89. The van der Waals surface area contributed by atoms with Crippen molar-refractivity contribution in [3.05, 3.63) is 80.9 Å². The predicted molar refractivity (Wildman–Crippen MR) is 96.0 cm³/mol. The fourth-order valence-corrected chi connectivity index (χ4v) is 3.16. The summed E-state index contributed by atoms with van der Waals surface area (Å²) in [5, 5.41) is 4.98. The Balaban J connectivity index is 2.00. The fourth-order valence-electron chi connectivity index (χ4n) is 3.04. The zero-order valence-corrected chi connectivity index (χ0v) is 14.5. The summed E-state index contributed by atoms with van der Waals surface area (Å²) in [6.45, 7) is 0.216. The number of halogens is 2. The van der Waals surface area contributed by atoms with Crippen molar-refractivity contribution in [1.29, 1.82) is 0 Å². The lowest BCUT2D eigenvalue weighted by Gasteiger charge is -2.14. The van der Waals surface area contributed by atoms with E-state index in [0.717, 1.165) is 0 Å². The molecular weight excluding hydrogens is 357 g/mol. The Morgan fingerprint density at radius 3 is 2.50 bits per heavy atom. The van der Waals surface area contributed by atoms with E-state index >= 15 is 0 Å². The Kier molecular flexibility index (Phi) is 3.85. The highest BCUT2D eigenvalue weighted by Gasteiger charge is 2.26. The van der Waals surface area contributed by atoms with Gasteiger partial charge in [-0.05, 0) is 42.5 Å². The van der Waals surface area contributed by atoms with Gasteiger partial charge in [-0.25, -0.2) is 4.39 Å². The van der Waals surface area contributed by atoms with Crippen LogP contribution in [0, 0.1) is 5.82 Å². The van der Waals surface area contributed by atoms with Crippen molar-refractivity contribution in [1.82, 2.24) is 14.7 Å². The van der Waals surface area contributed by atoms with E-state index in [1.807, 2.05) is 0 Å². The third kappa shape index (κ3) is 2.68. The standard InChI is InChI=1S/C19H13ClFN3O2/c1-23-10-11-8-17(25)24(14-5-2-12(20)3-6-14)22-18(11)16-9-13(21)4-7-15(16)19(23)26/h2-9H,10H2,1H3. The fraction of sp³-hybridized carbons (Fsp3) is 0.105. The van der Waals surface area contributed by atoms with E-state index in [4.69, 9.17) is 11.6 Å². The molecule has 0 radical (unpaired) electrons. The molecule has 5 nitrogen and oxygen atoms in total. The molecule has 0 fully saturated rings. The molecule has 2 aromatic carbocycles. The highest BCUT2D eigenvalue weighted by atomic mass is 35.5. The number of rotatable bonds is 1. The Morgan fingerprint density at radius 1 is 1.04 bits per heavy atom. The van der Waals surface area contributed by atoms with Gasteiger partial charge in [0, 0.05) is 41.4 Å². The molecule has 0 spiro atoms. The van der Waals surface area contributed by atoms with Crippen LogP contribution in [0.15, 0.2) is 53.3 Å². The van der Waals surface area contributed by atoms with Crippen LogP contribution in [0.1, 0.15) is 15.9 Å². The van der Waals surface area contributed by atoms with Gasteiger partial charge < -0.3 is 4.90 Å². The molecule has 3 aromatic rings. The molecule has 0 saturated carbocycles. The summed E-state index contributed by atoms with van der Waals surface area (Å²) in [6, 6.07) is 12.0. The van der Waals surface area contributed by atoms with E-state index in [1.165, 1.54) is 33.8 Å². The van der Waals surface area contributed by atoms with E-state index in [-0.39, 0.29) is 18.0 Å². The number of hydrogen-bond donors (Lipinski definition) is 0. The molecule has 1 amide bonds. The number of hydrogen-bond acceptors (Lipinski definition) is 3. The molecule has 0 N–H and O–H groups in total. The largest absolute Gasteiger partial charge is 0.337 e. The number of carbonyl (C=O) groups excluding carboxylic acids is 1. The Bertz CT molecular complexity index is 1090. The van der Waals surface area contributed by atoms with Gasteiger partial charge in [-0.1, -0.05) is 11.6 Å². The van der Waals surface area contributed by atoms with Gasteiger partial charge in [-0.15, -0.1) is 0 Å². The van der Waals surface area contributed by atoms with Crippen LogP contribution in [0.4, 0.5) is 4.39 Å². The topological polar surface area (TPSA) is 55.2 Å². The Labute approximate surface area is 153 Å². The summed E-state index contributed by atoms with van der Waals surface area (Å²) in [5.74, 6) is -0.721. The molecule has 0 saturated heterocycles. The number of nitrogens with zero attached hydrogens (tertiary/aromatic N) is 3. The van der Waals surface area contributed by atoms with Crippen LogP contribution < -0.4 is 5.56 Å². The molecule has 1 aromatic heterocycles. The van der Waals surface area contributed by atoms with Gasteiger partial charge in [0.05, 0.1) is 11.4 Å². The van der Waals surface area contributed by atoms with Gasteiger partial charge in [0.25, 0.3) is 11.5 Å². The first-order valence-corrected chi connectivity index (χ1v) is 8.26. The molecular formula is C19H13ClFN3O2. The molecule has 26 heavy (non-hydrogen) atoms. The Hall–Kier alpha value is -2.99. The van der Waals surface area contributed by atoms with Gasteiger partial charge in [0.1, 0.15) is 5.82 Å². The third-order valence-electron chi connectivity index (χ3n) is 4.30. The van der Waals surface area contributed by atoms with Gasteiger partial charge in [0.15, 0.2) is 0 Å². The maximum atomic E-state index is 13.9. The van der Waals surface area contributed by atoms with Crippen LogP contribution >= 0.6 is 11.6 Å². The lowest BCUT2D eigenvalue weighted by Crippen LogP contribution is -2.26. The van der Waals surface area contributed by atoms with Crippen LogP contribution in [-0.4, -0.2) is 27.6 Å². The molecule has 1 aliphatic rings. The molecule has 0 unspecified atom stereocenters. The summed E-state index contributed by atoms with van der Waals surface area (Å²) >= 11 is 5.90. The normalized spacial score (nSPS) is 13.2. The maximum absolute atomic E-state index is 13.9. The molecule has 0 atom stereocenters. The van der Waals surface area contributed by atoms with Gasteiger partial charge >= 0.3 is 0 Å². The molecule has 1 aliphatic heterocycles. The van der Waals surface area contributed by atoms with Gasteiger partial charge in [-0.2, -0.15) is 9.78 Å². The van der Waals surface area contributed by atoms with Crippen molar-refractivity contribution in [2.24, 2.45) is 0 Å². The number of benzene rings is 2. The maximum Gasteiger partial charge on any atom is 0.271 e. The van der Waals surface area contributed by atoms with Crippen molar-refractivity contribution in [2.45, 2.75) is 6.54 Å². The van der Waals surface area contributed by atoms with E-state index in [2.05, 4.69) is 5.10 Å². The van der Waals surface area contributed by atoms with Crippen molar-refractivity contribution in [3.8, 4) is 16.9 Å². The van der Waals surface area contributed by atoms with Crippen LogP contribution in [0.3, 0.4) is 0 Å². The number of aromatic nitrogens is 2. The second kappa shape index (κ2) is 6.07. The van der Waals surface area contributed by atoms with Crippen molar-refractivity contribution < 1.29 is 9.18 Å². The molecule has 2 heterocycles. The van der Waals surface area contributed by atoms with Crippen molar-refractivity contribution in [3.63, 3.8) is 0 Å². The van der Waals surface area contributed by atoms with Crippen LogP contribution in [0.5, 0.6) is 0 Å². The molecule has 0 aliphatic carbocycles. The van der Waals surface area contributed by atoms with Crippen LogP contribution in [0.25, 0.3) is 16.9 Å². The smallest absolute Gasteiger partial charge is 0.271 e. The molecule has 130 valence electrons. The first-order chi connectivity index (χ1) is 12.4. The minimum Gasteiger partial charge on any atom is -0.337 e. The average Bonchev–Trinajstić information content (AvgIpc) is 2.71. The Morgan fingerprint density at radius 2 is 1.77 bits per heavy atom. The summed E-state index contributed by atoms with van der Waals surface area (Å²) in [4.78, 5) is 26.6. The number of amides is 1. The average molecular weight is 370 g/mol. The van der Waals surface area contributed by atoms with E-state index in [9.17, 15) is 14.0 Å². The lowest BCUT2D eigenvalue weighted by molar-refractivity contribution is 0.0788. The van der Waals surface area contributed by atoms with E-state index < -0.39 is 5.82 Å². The number of carbonyl (C=O) groups is 1. The SMILES string of the molecule is CN1Cc2cc(=O)n(-c3ccc(Cl)cc3)nc2-c2cc(F)ccc2C1=O. The van der Waals surface area contributed by atoms with Crippen molar-refractivity contribution in [2.75, 3.05) is 7.05 Å². The first kappa shape index (κ1) is 16.5. The second-order valence-electron chi connectivity index (χ2n) is 6.10. The van der Waals surface area contributed by atoms with Crippen LogP contribution in [-0.2, 0) is 6.54 Å². The summed E-state index contributed by atoms with van der Waals surface area (Å²) in [7, 11) is 1.63. The summed E-state index contributed by atoms with van der Waals surface area (Å²) in [6.07, 6.45) is 0. The highest BCUT2D eigenvalue weighted by Crippen LogP contribution is 2.30. The minimum atomic E-state index is -0.474. The number of fused-ring (bicyclic) bond motifs is 3. The molecule has 0 bridgehead atoms. The monoisotopic (exact) mass is 369 g/mol. The summed E-state index contributed by atoms with van der Waals surface area (Å²) < 4.78 is 15.1. The first-order valence-electron chi connectivity index (χ1n) is 7.88. The molecule has 7 heteroatoms. The zero-order chi connectivity index (χ0) is 18.4. The van der Waals surface area contributed by atoms with E-state index in [1.54, 1.807) is 31.3 Å². The zero-order valence-electron chi connectivity index (χ0n) is 13.7. The molecule has 4 rings (SSSR count). The van der Waals surface area contributed by atoms with E-state index in [0.29, 0.717) is 33.1 Å². The van der Waals surface area contributed by atoms with Crippen LogP contribution in [0.2, 0.25) is 5.02 Å². The quantitative estimate of drug-likeness (QED) is 0.661. The van der Waals surface area contributed by atoms with Gasteiger partial charge in [0.2, 0.25) is 0 Å². The van der Waals surface area contributed by atoms with Gasteiger partial charge in [-0.3, -0.25) is 9.59 Å². The lowest BCUT2D eigenvalue weighted by atomic mass is 10.0. The van der Waals surface area contributed by atoms with Crippen molar-refractivity contribution >= 4 is 17.5 Å². The second-order valence-corrected chi connectivity index (χ2v) is 6.53. The predicted octanol–water partition coefficient (Wildman–Crippen LogP) is 3.28.